The molecule has 2 aliphatic rings. The predicted molar refractivity (Wildman–Crippen MR) is 178 cm³/mol. The molecule has 236 valence electrons. The van der Waals surface area contributed by atoms with Gasteiger partial charge in [0.05, 0.1) is 4.92 Å². The minimum absolute atomic E-state index is 0.00654. The number of nitro groups is 1. The summed E-state index contributed by atoms with van der Waals surface area (Å²) in [5.74, 6) is 0.232. The Morgan fingerprint density at radius 1 is 0.913 bits per heavy atom. The van der Waals surface area contributed by atoms with Crippen LogP contribution >= 0.6 is 0 Å². The fourth-order valence-electron chi connectivity index (χ4n) is 6.92. The van der Waals surface area contributed by atoms with Gasteiger partial charge in [0.15, 0.2) is 0 Å². The summed E-state index contributed by atoms with van der Waals surface area (Å²) in [6.45, 7) is 7.12. The summed E-state index contributed by atoms with van der Waals surface area (Å²) in [7, 11) is 0. The number of hydrogen-bond acceptors (Lipinski definition) is 6. The summed E-state index contributed by atoms with van der Waals surface area (Å²) >= 11 is 0. The zero-order valence-electron chi connectivity index (χ0n) is 25.7. The van der Waals surface area contributed by atoms with Crippen LogP contribution < -0.4 is 0 Å². The van der Waals surface area contributed by atoms with Crippen LogP contribution in [0.4, 0.5) is 10.5 Å². The van der Waals surface area contributed by atoms with E-state index < -0.39 is 11.0 Å². The molecule has 4 aromatic carbocycles. The van der Waals surface area contributed by atoms with Gasteiger partial charge in [0.2, 0.25) is 0 Å². The second kappa shape index (κ2) is 14.0. The minimum Gasteiger partial charge on any atom is -0.445 e. The molecule has 0 unspecified atom stereocenters. The van der Waals surface area contributed by atoms with E-state index in [2.05, 4.69) is 35.7 Å². The predicted octanol–water partition coefficient (Wildman–Crippen LogP) is 6.65. The van der Waals surface area contributed by atoms with Crippen LogP contribution in [0.25, 0.3) is 10.8 Å². The maximum absolute atomic E-state index is 14.0. The first kappa shape index (κ1) is 31.0. The quantitative estimate of drug-likeness (QED) is 0.119. The van der Waals surface area contributed by atoms with Crippen molar-refractivity contribution in [1.82, 2.24) is 14.7 Å². The molecule has 0 aromatic heterocycles. The Balaban J connectivity index is 1.13. The molecule has 0 N–H and O–H groups in total. The van der Waals surface area contributed by atoms with Crippen molar-refractivity contribution in [3.8, 4) is 0 Å². The zero-order chi connectivity index (χ0) is 32.0. The summed E-state index contributed by atoms with van der Waals surface area (Å²) in [6, 6.07) is 30.5. The molecule has 2 aliphatic heterocycles. The summed E-state index contributed by atoms with van der Waals surface area (Å²) in [6.07, 6.45) is 2.83. The Morgan fingerprint density at radius 3 is 2.33 bits per heavy atom. The van der Waals surface area contributed by atoms with E-state index in [1.54, 1.807) is 23.1 Å². The first-order chi connectivity index (χ1) is 22.4. The third-order valence-corrected chi connectivity index (χ3v) is 9.30. The van der Waals surface area contributed by atoms with Crippen LogP contribution in [0.15, 0.2) is 110 Å². The number of hydrogen-bond donors (Lipinski definition) is 0. The van der Waals surface area contributed by atoms with Crippen molar-refractivity contribution in [2.75, 3.05) is 32.7 Å². The molecule has 9 nitrogen and oxygen atoms in total. The molecule has 0 bridgehead atoms. The van der Waals surface area contributed by atoms with Gasteiger partial charge in [-0.2, -0.15) is 0 Å². The topological polar surface area (TPSA) is 96.2 Å². The van der Waals surface area contributed by atoms with E-state index >= 15 is 0 Å². The molecule has 4 aromatic rings. The van der Waals surface area contributed by atoms with Crippen LogP contribution in [-0.2, 0) is 11.3 Å². The molecule has 0 radical (unpaired) electrons. The first-order valence-corrected chi connectivity index (χ1v) is 15.8. The van der Waals surface area contributed by atoms with E-state index in [1.165, 1.54) is 17.7 Å². The number of carbonyl (C=O) groups is 2. The van der Waals surface area contributed by atoms with Gasteiger partial charge in [0.1, 0.15) is 6.61 Å². The number of nitro benzene ring substituents is 1. The number of rotatable bonds is 9. The van der Waals surface area contributed by atoms with Gasteiger partial charge in [0, 0.05) is 68.4 Å². The van der Waals surface area contributed by atoms with Crippen molar-refractivity contribution in [2.24, 2.45) is 0 Å². The summed E-state index contributed by atoms with van der Waals surface area (Å²) in [4.78, 5) is 43.9. The maximum atomic E-state index is 14.0. The number of nitrogens with zero attached hydrogens (tertiary/aromatic N) is 4. The van der Waals surface area contributed by atoms with Gasteiger partial charge < -0.3 is 14.5 Å². The Kier molecular flexibility index (Phi) is 9.40. The van der Waals surface area contributed by atoms with Gasteiger partial charge in [0.25, 0.3) is 11.6 Å². The number of likely N-dealkylation sites (tertiary alicyclic amines) is 2. The van der Waals surface area contributed by atoms with Gasteiger partial charge >= 0.3 is 6.09 Å². The number of ether oxygens (including phenoxy) is 1. The van der Waals surface area contributed by atoms with Crippen LogP contribution in [0.5, 0.6) is 0 Å². The highest BCUT2D eigenvalue weighted by molar-refractivity contribution is 6.07. The second-order valence-electron chi connectivity index (χ2n) is 12.0. The van der Waals surface area contributed by atoms with Gasteiger partial charge in [-0.1, -0.05) is 72.8 Å². The number of carbonyl (C=O) groups excluding carboxylic acids is 2. The Bertz CT molecular complexity index is 1700. The minimum atomic E-state index is -0.456. The molecule has 0 spiro atoms. The Hall–Kier alpha value is -5.02. The lowest BCUT2D eigenvalue weighted by molar-refractivity contribution is -0.384. The van der Waals surface area contributed by atoms with Crippen molar-refractivity contribution in [2.45, 2.75) is 37.5 Å². The summed E-state index contributed by atoms with van der Waals surface area (Å²) < 4.78 is 5.62. The van der Waals surface area contributed by atoms with E-state index in [0.717, 1.165) is 42.3 Å². The molecule has 6 rings (SSSR count). The average molecular weight is 619 g/mol. The third kappa shape index (κ3) is 6.65. The van der Waals surface area contributed by atoms with Crippen LogP contribution in [0.2, 0.25) is 0 Å². The lowest BCUT2D eigenvalue weighted by Gasteiger charge is -2.41. The van der Waals surface area contributed by atoms with Crippen molar-refractivity contribution in [3.05, 3.63) is 137 Å². The van der Waals surface area contributed by atoms with Crippen molar-refractivity contribution >= 4 is 28.5 Å². The van der Waals surface area contributed by atoms with E-state index in [-0.39, 0.29) is 36.2 Å². The molecule has 2 atom stereocenters. The molecule has 2 amide bonds. The smallest absolute Gasteiger partial charge is 0.410 e. The molecule has 46 heavy (non-hydrogen) atoms. The van der Waals surface area contributed by atoms with E-state index in [9.17, 15) is 19.7 Å². The third-order valence-electron chi connectivity index (χ3n) is 9.30. The zero-order valence-corrected chi connectivity index (χ0v) is 25.7. The fourth-order valence-corrected chi connectivity index (χ4v) is 6.92. The number of amides is 2. The first-order valence-electron chi connectivity index (χ1n) is 15.8. The molecule has 0 aliphatic carbocycles. The van der Waals surface area contributed by atoms with Crippen molar-refractivity contribution in [1.29, 1.82) is 0 Å². The van der Waals surface area contributed by atoms with Crippen LogP contribution in [0.1, 0.15) is 40.2 Å². The number of benzene rings is 4. The highest BCUT2D eigenvalue weighted by Crippen LogP contribution is 2.35. The summed E-state index contributed by atoms with van der Waals surface area (Å²) in [5.41, 5.74) is 2.64. The molecular weight excluding hydrogens is 580 g/mol. The van der Waals surface area contributed by atoms with E-state index in [1.807, 2.05) is 53.4 Å². The highest BCUT2D eigenvalue weighted by atomic mass is 16.6. The average Bonchev–Trinajstić information content (AvgIpc) is 3.55. The van der Waals surface area contributed by atoms with Gasteiger partial charge in [-0.3, -0.25) is 19.8 Å². The summed E-state index contributed by atoms with van der Waals surface area (Å²) in [5, 5.41) is 13.0. The largest absolute Gasteiger partial charge is 0.445 e. The van der Waals surface area contributed by atoms with Gasteiger partial charge in [-0.25, -0.2) is 4.79 Å². The Labute approximate surface area is 268 Å². The van der Waals surface area contributed by atoms with Crippen LogP contribution in [0, 0.1) is 10.1 Å². The second-order valence-corrected chi connectivity index (χ2v) is 12.0. The van der Waals surface area contributed by atoms with Crippen molar-refractivity contribution < 1.29 is 19.2 Å². The lowest BCUT2D eigenvalue weighted by atomic mass is 9.91. The molecule has 9 heteroatoms. The normalized spacial score (nSPS) is 18.7. The lowest BCUT2D eigenvalue weighted by Crippen LogP contribution is -2.51. The number of fused-ring (bicyclic) bond motifs is 1. The molecular formula is C37H38N4O5. The van der Waals surface area contributed by atoms with Gasteiger partial charge in [-0.05, 0) is 52.9 Å². The maximum Gasteiger partial charge on any atom is 0.410 e. The van der Waals surface area contributed by atoms with Crippen LogP contribution in [0.3, 0.4) is 0 Å². The Morgan fingerprint density at radius 2 is 1.61 bits per heavy atom. The van der Waals surface area contributed by atoms with Gasteiger partial charge in [-0.15, -0.1) is 6.58 Å². The number of piperidine rings is 1. The monoisotopic (exact) mass is 618 g/mol. The van der Waals surface area contributed by atoms with Crippen molar-refractivity contribution in [3.63, 3.8) is 0 Å². The number of non-ortho nitro benzene ring substituents is 1. The molecule has 2 heterocycles. The van der Waals surface area contributed by atoms with Crippen LogP contribution in [-0.4, -0.2) is 76.4 Å². The molecule has 2 fully saturated rings. The fraction of sp³-hybridized carbons (Fsp3) is 0.297. The molecule has 2 saturated heterocycles. The standard InChI is InChI=1S/C37H38N4O5/c1-2-21-40(37(43)46-26-27-15-17-31(18-16-27)41(44)45)30-19-22-38(23-20-30)35-25-39(24-34(35)29-9-4-3-5-10-29)36(42)33-14-8-12-28-11-6-7-13-32(28)33/h2-18,30,34-35H,1,19-26H2/t34-,35+/m0/s1. The van der Waals surface area contributed by atoms with E-state index in [0.29, 0.717) is 25.2 Å². The molecule has 0 saturated carbocycles. The SMILES string of the molecule is C=CCN(C(=O)OCc1ccc([N+](=O)[O-])cc1)C1CCN([C@@H]2CN(C(=O)c3cccc4ccccc34)C[C@H]2c2ccccc2)CC1. The van der Waals surface area contributed by atoms with E-state index in [4.69, 9.17) is 4.74 Å². The highest BCUT2D eigenvalue weighted by Gasteiger charge is 2.41.